The molecule has 5 rings (SSSR count). The summed E-state index contributed by atoms with van der Waals surface area (Å²) in [6.07, 6.45) is 0. The van der Waals surface area contributed by atoms with Crippen LogP contribution in [0.1, 0.15) is 11.4 Å². The molecule has 1 aliphatic rings. The van der Waals surface area contributed by atoms with Gasteiger partial charge in [0.15, 0.2) is 17.5 Å². The molecule has 11 heteroatoms. The highest BCUT2D eigenvalue weighted by molar-refractivity contribution is 5.83. The number of aromatic amines is 2. The van der Waals surface area contributed by atoms with Gasteiger partial charge in [-0.15, -0.1) is 0 Å². The van der Waals surface area contributed by atoms with Crippen molar-refractivity contribution in [3.63, 3.8) is 0 Å². The summed E-state index contributed by atoms with van der Waals surface area (Å²) in [5.74, 6) is -0.750. The van der Waals surface area contributed by atoms with Gasteiger partial charge in [-0.25, -0.2) is 8.78 Å². The van der Waals surface area contributed by atoms with Gasteiger partial charge in [-0.1, -0.05) is 0 Å². The van der Waals surface area contributed by atoms with Crippen LogP contribution in [0.3, 0.4) is 0 Å². The molecule has 4 heterocycles. The van der Waals surface area contributed by atoms with Crippen LogP contribution in [0, 0.1) is 25.5 Å². The standard InChI is InChI=1S/C22H24F2N8O/c1-12-8-14-16(25-12)10-15(23)21(20(14)24)33-19-11-18(32-6-4-31(3)5-7-32)27-22(28-19)26-17-9-13(2)29-30-17/h8-11,25H,4-7H2,1-3H3,(H2,26,27,28,29,30). The Morgan fingerprint density at radius 1 is 1.00 bits per heavy atom. The summed E-state index contributed by atoms with van der Waals surface area (Å²) >= 11 is 0. The molecule has 0 atom stereocenters. The van der Waals surface area contributed by atoms with E-state index in [9.17, 15) is 4.39 Å². The Morgan fingerprint density at radius 2 is 1.79 bits per heavy atom. The van der Waals surface area contributed by atoms with Crippen LogP contribution in [-0.4, -0.2) is 63.3 Å². The van der Waals surface area contributed by atoms with E-state index in [4.69, 9.17) is 4.74 Å². The van der Waals surface area contributed by atoms with Gasteiger partial charge in [-0.3, -0.25) is 5.10 Å². The van der Waals surface area contributed by atoms with E-state index in [1.807, 2.05) is 6.92 Å². The molecule has 3 aromatic heterocycles. The first-order valence-corrected chi connectivity index (χ1v) is 10.6. The van der Waals surface area contributed by atoms with Gasteiger partial charge in [0.05, 0.1) is 5.52 Å². The van der Waals surface area contributed by atoms with Gasteiger partial charge in [0.25, 0.3) is 0 Å². The minimum atomic E-state index is -0.820. The van der Waals surface area contributed by atoms with E-state index < -0.39 is 17.4 Å². The van der Waals surface area contributed by atoms with Crippen LogP contribution in [0.5, 0.6) is 11.6 Å². The van der Waals surface area contributed by atoms with Crippen molar-refractivity contribution in [2.24, 2.45) is 0 Å². The fourth-order valence-electron chi connectivity index (χ4n) is 3.84. The van der Waals surface area contributed by atoms with E-state index in [0.717, 1.165) is 37.6 Å². The quantitative estimate of drug-likeness (QED) is 0.421. The van der Waals surface area contributed by atoms with Gasteiger partial charge < -0.3 is 24.8 Å². The van der Waals surface area contributed by atoms with E-state index in [1.54, 1.807) is 25.1 Å². The Labute approximate surface area is 188 Å². The number of piperazine rings is 1. The molecule has 172 valence electrons. The van der Waals surface area contributed by atoms with E-state index in [2.05, 4.69) is 47.3 Å². The third-order valence-electron chi connectivity index (χ3n) is 5.58. The van der Waals surface area contributed by atoms with Gasteiger partial charge in [-0.2, -0.15) is 15.1 Å². The van der Waals surface area contributed by atoms with Gasteiger partial charge in [0.1, 0.15) is 5.82 Å². The lowest BCUT2D eigenvalue weighted by Crippen LogP contribution is -2.44. The number of likely N-dealkylation sites (N-methyl/N-ethyl adjacent to an activating group) is 1. The average molecular weight is 454 g/mol. The topological polar surface area (TPSA) is 98.0 Å². The van der Waals surface area contributed by atoms with E-state index in [1.165, 1.54) is 6.07 Å². The van der Waals surface area contributed by atoms with Crippen LogP contribution in [0.25, 0.3) is 10.9 Å². The average Bonchev–Trinajstić information content (AvgIpc) is 3.36. The number of nitrogens with zero attached hydrogens (tertiary/aromatic N) is 5. The molecule has 9 nitrogen and oxygen atoms in total. The molecule has 1 saturated heterocycles. The maximum Gasteiger partial charge on any atom is 0.233 e. The highest BCUT2D eigenvalue weighted by Gasteiger charge is 2.21. The summed E-state index contributed by atoms with van der Waals surface area (Å²) in [6, 6.07) is 6.22. The van der Waals surface area contributed by atoms with Crippen LogP contribution in [0.2, 0.25) is 0 Å². The lowest BCUT2D eigenvalue weighted by Gasteiger charge is -2.33. The Bertz CT molecular complexity index is 1310. The van der Waals surface area contributed by atoms with Crippen molar-refractivity contribution in [2.45, 2.75) is 13.8 Å². The van der Waals surface area contributed by atoms with Crippen LogP contribution < -0.4 is 15.0 Å². The van der Waals surface area contributed by atoms with E-state index in [0.29, 0.717) is 17.2 Å². The predicted octanol–water partition coefficient (Wildman–Crippen LogP) is 3.86. The number of fused-ring (bicyclic) bond motifs is 1. The molecule has 1 aromatic carbocycles. The zero-order valence-corrected chi connectivity index (χ0v) is 18.5. The molecular weight excluding hydrogens is 430 g/mol. The van der Waals surface area contributed by atoms with Crippen molar-refractivity contribution in [1.29, 1.82) is 0 Å². The Morgan fingerprint density at radius 3 is 2.52 bits per heavy atom. The Kier molecular flexibility index (Phi) is 5.33. The molecule has 0 spiro atoms. The number of hydrogen-bond acceptors (Lipinski definition) is 7. The number of ether oxygens (including phenoxy) is 1. The van der Waals surface area contributed by atoms with Crippen molar-refractivity contribution < 1.29 is 13.5 Å². The number of halogens is 2. The second kappa shape index (κ2) is 8.32. The first kappa shape index (κ1) is 21.1. The number of aryl methyl sites for hydroxylation is 2. The monoisotopic (exact) mass is 454 g/mol. The van der Waals surface area contributed by atoms with Gasteiger partial charge in [0, 0.05) is 61.2 Å². The summed E-state index contributed by atoms with van der Waals surface area (Å²) in [6.45, 7) is 6.90. The van der Waals surface area contributed by atoms with Crippen LogP contribution in [0.15, 0.2) is 24.3 Å². The third kappa shape index (κ3) is 4.31. The number of hydrogen-bond donors (Lipinski definition) is 3. The molecule has 33 heavy (non-hydrogen) atoms. The van der Waals surface area contributed by atoms with Crippen LogP contribution >= 0.6 is 0 Å². The van der Waals surface area contributed by atoms with Crippen molar-refractivity contribution in [3.8, 4) is 11.6 Å². The van der Waals surface area contributed by atoms with Crippen molar-refractivity contribution >= 4 is 28.5 Å². The molecule has 1 aliphatic heterocycles. The minimum absolute atomic E-state index is 0.0260. The molecular formula is C22H24F2N8O. The lowest BCUT2D eigenvalue weighted by molar-refractivity contribution is 0.312. The molecule has 0 unspecified atom stereocenters. The molecule has 0 saturated carbocycles. The van der Waals surface area contributed by atoms with Gasteiger partial charge in [-0.05, 0) is 27.0 Å². The van der Waals surface area contributed by atoms with E-state index >= 15 is 4.39 Å². The third-order valence-corrected chi connectivity index (χ3v) is 5.58. The number of H-pyrrole nitrogens is 2. The Balaban J connectivity index is 1.52. The SMILES string of the molecule is Cc1cc(Nc2nc(Oc3c(F)cc4[nH]c(C)cc4c3F)cc(N3CCN(C)CC3)n2)n[nH]1. The molecule has 1 fully saturated rings. The van der Waals surface area contributed by atoms with Crippen LogP contribution in [-0.2, 0) is 0 Å². The van der Waals surface area contributed by atoms with Gasteiger partial charge >= 0.3 is 0 Å². The minimum Gasteiger partial charge on any atom is -0.433 e. The first-order valence-electron chi connectivity index (χ1n) is 10.6. The number of aromatic nitrogens is 5. The van der Waals surface area contributed by atoms with Gasteiger partial charge in [0.2, 0.25) is 17.6 Å². The van der Waals surface area contributed by atoms with Crippen molar-refractivity contribution in [2.75, 3.05) is 43.4 Å². The molecule has 0 bridgehead atoms. The first-order chi connectivity index (χ1) is 15.9. The second-order valence-electron chi connectivity index (χ2n) is 8.26. The number of benzene rings is 1. The summed E-state index contributed by atoms with van der Waals surface area (Å²) in [5, 5.41) is 10.3. The fraction of sp³-hybridized carbons (Fsp3) is 0.318. The maximum absolute atomic E-state index is 15.1. The smallest absolute Gasteiger partial charge is 0.233 e. The largest absolute Gasteiger partial charge is 0.433 e. The molecule has 0 amide bonds. The number of nitrogens with one attached hydrogen (secondary N) is 3. The number of rotatable bonds is 5. The van der Waals surface area contributed by atoms with Crippen molar-refractivity contribution in [3.05, 3.63) is 47.3 Å². The summed E-state index contributed by atoms with van der Waals surface area (Å²) in [4.78, 5) is 16.2. The van der Waals surface area contributed by atoms with Crippen LogP contribution in [0.4, 0.5) is 26.4 Å². The summed E-state index contributed by atoms with van der Waals surface area (Å²) in [7, 11) is 2.06. The lowest BCUT2D eigenvalue weighted by atomic mass is 10.2. The maximum atomic E-state index is 15.1. The highest BCUT2D eigenvalue weighted by atomic mass is 19.1. The predicted molar refractivity (Wildman–Crippen MR) is 121 cm³/mol. The summed E-state index contributed by atoms with van der Waals surface area (Å²) < 4.78 is 35.5. The van der Waals surface area contributed by atoms with Crippen molar-refractivity contribution in [1.82, 2.24) is 30.0 Å². The molecule has 0 aliphatic carbocycles. The second-order valence-corrected chi connectivity index (χ2v) is 8.26. The Hall–Kier alpha value is -3.73. The highest BCUT2D eigenvalue weighted by Crippen LogP contribution is 2.34. The summed E-state index contributed by atoms with van der Waals surface area (Å²) in [5.41, 5.74) is 1.95. The zero-order valence-electron chi connectivity index (χ0n) is 18.5. The molecule has 3 N–H and O–H groups in total. The molecule has 0 radical (unpaired) electrons. The number of anilines is 3. The fourth-order valence-corrected chi connectivity index (χ4v) is 3.84. The molecule has 4 aromatic rings. The normalized spacial score (nSPS) is 14.8. The van der Waals surface area contributed by atoms with E-state index in [-0.39, 0.29) is 17.2 Å². The zero-order chi connectivity index (χ0) is 23.1.